The Morgan fingerprint density at radius 2 is 2.11 bits per heavy atom. The lowest BCUT2D eigenvalue weighted by Crippen LogP contribution is -2.15. The lowest BCUT2D eigenvalue weighted by molar-refractivity contribution is 0.630. The predicted octanol–water partition coefficient (Wildman–Crippen LogP) is 2.77. The third-order valence-electron chi connectivity index (χ3n) is 2.99. The van der Waals surface area contributed by atoms with E-state index in [4.69, 9.17) is 0 Å². The molecular formula is C13H22N4S. The molecule has 0 radical (unpaired) electrons. The maximum atomic E-state index is 4.43. The minimum absolute atomic E-state index is 0.789. The Labute approximate surface area is 113 Å². The first-order chi connectivity index (χ1) is 8.78. The number of anilines is 2. The Morgan fingerprint density at radius 3 is 2.78 bits per heavy atom. The van der Waals surface area contributed by atoms with Crippen molar-refractivity contribution in [2.24, 2.45) is 5.92 Å². The van der Waals surface area contributed by atoms with E-state index in [0.717, 1.165) is 42.9 Å². The molecule has 100 valence electrons. The van der Waals surface area contributed by atoms with Gasteiger partial charge in [-0.2, -0.15) is 11.8 Å². The second-order valence-corrected chi connectivity index (χ2v) is 5.87. The molecule has 0 aromatic carbocycles. The van der Waals surface area contributed by atoms with Gasteiger partial charge < -0.3 is 10.6 Å². The molecular weight excluding hydrogens is 244 g/mol. The zero-order valence-electron chi connectivity index (χ0n) is 11.2. The van der Waals surface area contributed by atoms with E-state index in [0.29, 0.717) is 0 Å². The summed E-state index contributed by atoms with van der Waals surface area (Å²) in [7, 11) is 0. The summed E-state index contributed by atoms with van der Waals surface area (Å²) in [5.41, 5.74) is 0. The number of hydrogen-bond acceptors (Lipinski definition) is 5. The Morgan fingerprint density at radius 1 is 1.33 bits per heavy atom. The van der Waals surface area contributed by atoms with Gasteiger partial charge in [-0.15, -0.1) is 0 Å². The van der Waals surface area contributed by atoms with Crippen molar-refractivity contribution in [2.45, 2.75) is 26.7 Å². The molecule has 0 amide bonds. The zero-order valence-corrected chi connectivity index (χ0v) is 12.0. The van der Waals surface area contributed by atoms with Crippen molar-refractivity contribution in [1.82, 2.24) is 9.97 Å². The van der Waals surface area contributed by atoms with Crippen LogP contribution in [0.15, 0.2) is 6.07 Å². The number of aryl methyl sites for hydroxylation is 1. The van der Waals surface area contributed by atoms with Crippen molar-refractivity contribution in [3.05, 3.63) is 11.9 Å². The molecule has 1 atom stereocenters. The Balaban J connectivity index is 1.91. The fourth-order valence-corrected chi connectivity index (χ4v) is 3.28. The largest absolute Gasteiger partial charge is 0.370 e. The average Bonchev–Trinajstić information content (AvgIpc) is 2.86. The maximum absolute atomic E-state index is 4.43. The quantitative estimate of drug-likeness (QED) is 0.829. The molecule has 1 aromatic heterocycles. The summed E-state index contributed by atoms with van der Waals surface area (Å²) in [6, 6.07) is 2.00. The molecule has 1 aromatic rings. The Bertz CT molecular complexity index is 377. The predicted molar refractivity (Wildman–Crippen MR) is 79.5 cm³/mol. The summed E-state index contributed by atoms with van der Waals surface area (Å²) in [6.07, 6.45) is 2.42. The van der Waals surface area contributed by atoms with Crippen molar-refractivity contribution in [1.29, 1.82) is 0 Å². The fraction of sp³-hybridized carbons (Fsp3) is 0.692. The molecule has 1 unspecified atom stereocenters. The van der Waals surface area contributed by atoms with E-state index in [1.54, 1.807) is 0 Å². The maximum Gasteiger partial charge on any atom is 0.131 e. The van der Waals surface area contributed by atoms with E-state index < -0.39 is 0 Å². The molecule has 1 saturated heterocycles. The standard InChI is InChI=1S/C13H22N4S/c1-3-5-14-12-7-13(17-10(2)16-12)15-8-11-4-6-18-9-11/h7,11H,3-6,8-9H2,1-2H3,(H2,14,15,16,17). The van der Waals surface area contributed by atoms with E-state index in [-0.39, 0.29) is 0 Å². The lowest BCUT2D eigenvalue weighted by Gasteiger charge is -2.12. The van der Waals surface area contributed by atoms with Crippen LogP contribution in [0.25, 0.3) is 0 Å². The number of aromatic nitrogens is 2. The zero-order chi connectivity index (χ0) is 12.8. The van der Waals surface area contributed by atoms with Gasteiger partial charge in [-0.05, 0) is 37.2 Å². The van der Waals surface area contributed by atoms with E-state index >= 15 is 0 Å². The number of nitrogens with zero attached hydrogens (tertiary/aromatic N) is 2. The van der Waals surface area contributed by atoms with Gasteiger partial charge in [-0.3, -0.25) is 0 Å². The highest BCUT2D eigenvalue weighted by molar-refractivity contribution is 7.99. The highest BCUT2D eigenvalue weighted by Gasteiger charge is 2.15. The highest BCUT2D eigenvalue weighted by atomic mass is 32.2. The van der Waals surface area contributed by atoms with Crippen LogP contribution in [0.5, 0.6) is 0 Å². The van der Waals surface area contributed by atoms with Crippen molar-refractivity contribution in [2.75, 3.05) is 35.2 Å². The summed E-state index contributed by atoms with van der Waals surface area (Å²) >= 11 is 2.05. The molecule has 2 rings (SSSR count). The molecule has 2 heterocycles. The van der Waals surface area contributed by atoms with Crippen LogP contribution in [0.2, 0.25) is 0 Å². The van der Waals surface area contributed by atoms with Crippen molar-refractivity contribution < 1.29 is 0 Å². The summed E-state index contributed by atoms with van der Waals surface area (Å²) in [6.45, 7) is 6.07. The first-order valence-corrected chi connectivity index (χ1v) is 7.84. The van der Waals surface area contributed by atoms with Crippen LogP contribution in [-0.4, -0.2) is 34.6 Å². The van der Waals surface area contributed by atoms with Crippen molar-refractivity contribution >= 4 is 23.4 Å². The minimum Gasteiger partial charge on any atom is -0.370 e. The van der Waals surface area contributed by atoms with Gasteiger partial charge in [0.1, 0.15) is 17.5 Å². The smallest absolute Gasteiger partial charge is 0.131 e. The van der Waals surface area contributed by atoms with Gasteiger partial charge in [-0.1, -0.05) is 6.92 Å². The highest BCUT2D eigenvalue weighted by Crippen LogP contribution is 2.23. The SMILES string of the molecule is CCCNc1cc(NCC2CCSC2)nc(C)n1. The molecule has 0 saturated carbocycles. The van der Waals surface area contributed by atoms with Crippen LogP contribution in [0.1, 0.15) is 25.6 Å². The van der Waals surface area contributed by atoms with E-state index in [9.17, 15) is 0 Å². The normalized spacial score (nSPS) is 18.9. The second-order valence-electron chi connectivity index (χ2n) is 4.72. The molecule has 5 heteroatoms. The topological polar surface area (TPSA) is 49.8 Å². The van der Waals surface area contributed by atoms with Crippen LogP contribution >= 0.6 is 11.8 Å². The van der Waals surface area contributed by atoms with E-state index in [1.807, 2.05) is 24.8 Å². The van der Waals surface area contributed by atoms with Gasteiger partial charge in [0.2, 0.25) is 0 Å². The van der Waals surface area contributed by atoms with Crippen LogP contribution < -0.4 is 10.6 Å². The molecule has 0 bridgehead atoms. The second kappa shape index (κ2) is 6.83. The molecule has 1 fully saturated rings. The van der Waals surface area contributed by atoms with Crippen LogP contribution in [0.3, 0.4) is 0 Å². The Hall–Kier alpha value is -0.970. The third kappa shape index (κ3) is 4.05. The molecule has 0 aliphatic carbocycles. The molecule has 4 nitrogen and oxygen atoms in total. The average molecular weight is 266 g/mol. The third-order valence-corrected chi connectivity index (χ3v) is 4.22. The van der Waals surface area contributed by atoms with Gasteiger partial charge in [0.15, 0.2) is 0 Å². The summed E-state index contributed by atoms with van der Waals surface area (Å²) in [4.78, 5) is 8.82. The molecule has 1 aliphatic rings. The monoisotopic (exact) mass is 266 g/mol. The molecule has 2 N–H and O–H groups in total. The summed E-state index contributed by atoms with van der Waals surface area (Å²) in [5.74, 6) is 6.05. The van der Waals surface area contributed by atoms with Crippen LogP contribution in [0.4, 0.5) is 11.6 Å². The number of thioether (sulfide) groups is 1. The van der Waals surface area contributed by atoms with E-state index in [2.05, 4.69) is 27.5 Å². The van der Waals surface area contributed by atoms with Gasteiger partial charge >= 0.3 is 0 Å². The van der Waals surface area contributed by atoms with Gasteiger partial charge in [0.25, 0.3) is 0 Å². The van der Waals surface area contributed by atoms with Crippen molar-refractivity contribution in [3.63, 3.8) is 0 Å². The first kappa shape index (κ1) is 13.5. The van der Waals surface area contributed by atoms with E-state index in [1.165, 1.54) is 17.9 Å². The van der Waals surface area contributed by atoms with Crippen molar-refractivity contribution in [3.8, 4) is 0 Å². The Kier molecular flexibility index (Phi) is 5.11. The fourth-order valence-electron chi connectivity index (χ4n) is 2.00. The van der Waals surface area contributed by atoms with Gasteiger partial charge in [-0.25, -0.2) is 9.97 Å². The van der Waals surface area contributed by atoms with Crippen LogP contribution in [0, 0.1) is 12.8 Å². The number of nitrogens with one attached hydrogen (secondary N) is 2. The number of rotatable bonds is 6. The molecule has 0 spiro atoms. The van der Waals surface area contributed by atoms with Gasteiger partial charge in [0.05, 0.1) is 0 Å². The lowest BCUT2D eigenvalue weighted by atomic mass is 10.1. The first-order valence-electron chi connectivity index (χ1n) is 6.69. The minimum atomic E-state index is 0.789. The summed E-state index contributed by atoms with van der Waals surface area (Å²) < 4.78 is 0. The molecule has 18 heavy (non-hydrogen) atoms. The summed E-state index contributed by atoms with van der Waals surface area (Å²) in [5, 5.41) is 6.75. The van der Waals surface area contributed by atoms with Gasteiger partial charge in [0, 0.05) is 19.2 Å². The molecule has 1 aliphatic heterocycles. The number of hydrogen-bond donors (Lipinski definition) is 2. The van der Waals surface area contributed by atoms with Crippen LogP contribution in [-0.2, 0) is 0 Å².